The maximum Gasteiger partial charge on any atom is 0.0946 e. The number of benzene rings is 1. The van der Waals surface area contributed by atoms with Crippen LogP contribution in [0.15, 0.2) is 36.9 Å². The predicted molar refractivity (Wildman–Crippen MR) is 70.4 cm³/mol. The lowest BCUT2D eigenvalue weighted by atomic mass is 10.2. The molecule has 0 spiro atoms. The Morgan fingerprint density at radius 3 is 2.94 bits per heavy atom. The lowest BCUT2D eigenvalue weighted by Gasteiger charge is -2.08. The van der Waals surface area contributed by atoms with Crippen LogP contribution in [-0.2, 0) is 13.1 Å². The summed E-state index contributed by atoms with van der Waals surface area (Å²) in [6.07, 6.45) is 5.51. The Morgan fingerprint density at radius 1 is 1.29 bits per heavy atom. The van der Waals surface area contributed by atoms with Crippen LogP contribution in [-0.4, -0.2) is 16.1 Å². The highest BCUT2D eigenvalue weighted by Crippen LogP contribution is 2.25. The van der Waals surface area contributed by atoms with Gasteiger partial charge in [0, 0.05) is 32.0 Å². The summed E-state index contributed by atoms with van der Waals surface area (Å²) in [5, 5.41) is 4.54. The minimum Gasteiger partial charge on any atom is -0.336 e. The van der Waals surface area contributed by atoms with Gasteiger partial charge in [-0.15, -0.1) is 0 Å². The normalized spacial score (nSPS) is 10.7. The molecule has 5 heteroatoms. The van der Waals surface area contributed by atoms with Gasteiger partial charge in [-0.3, -0.25) is 0 Å². The zero-order valence-corrected chi connectivity index (χ0v) is 10.7. The van der Waals surface area contributed by atoms with E-state index in [0.717, 1.165) is 18.7 Å². The highest BCUT2D eigenvalue weighted by molar-refractivity contribution is 6.42. The van der Waals surface area contributed by atoms with E-state index in [1.54, 1.807) is 18.6 Å². The lowest BCUT2D eigenvalue weighted by Crippen LogP contribution is -2.19. The molecule has 1 N–H and O–H groups in total. The van der Waals surface area contributed by atoms with Crippen molar-refractivity contribution in [2.24, 2.45) is 0 Å². The Morgan fingerprint density at radius 2 is 2.18 bits per heavy atom. The summed E-state index contributed by atoms with van der Waals surface area (Å²) in [7, 11) is 0. The van der Waals surface area contributed by atoms with E-state index in [-0.39, 0.29) is 0 Å². The average Bonchev–Trinajstić information content (AvgIpc) is 2.83. The van der Waals surface area contributed by atoms with Crippen molar-refractivity contribution in [3.8, 4) is 0 Å². The molecule has 1 heterocycles. The highest BCUT2D eigenvalue weighted by Gasteiger charge is 2.03. The van der Waals surface area contributed by atoms with Crippen molar-refractivity contribution in [1.29, 1.82) is 0 Å². The van der Waals surface area contributed by atoms with E-state index in [9.17, 15) is 0 Å². The van der Waals surface area contributed by atoms with E-state index >= 15 is 0 Å². The number of imidazole rings is 1. The third-order valence-corrected chi connectivity index (χ3v) is 3.31. The third-order valence-electron chi connectivity index (χ3n) is 2.45. The summed E-state index contributed by atoms with van der Waals surface area (Å²) >= 11 is 12.0. The van der Waals surface area contributed by atoms with Crippen molar-refractivity contribution in [1.82, 2.24) is 14.9 Å². The van der Waals surface area contributed by atoms with Crippen LogP contribution in [0.25, 0.3) is 0 Å². The maximum absolute atomic E-state index is 6.08. The summed E-state index contributed by atoms with van der Waals surface area (Å²) in [4.78, 5) is 3.98. The molecule has 0 aliphatic heterocycles. The van der Waals surface area contributed by atoms with Crippen LogP contribution in [0.3, 0.4) is 0 Å². The molecule has 17 heavy (non-hydrogen) atoms. The molecule has 3 nitrogen and oxygen atoms in total. The van der Waals surface area contributed by atoms with E-state index in [1.165, 1.54) is 0 Å². The van der Waals surface area contributed by atoms with Gasteiger partial charge >= 0.3 is 0 Å². The van der Waals surface area contributed by atoms with E-state index in [0.29, 0.717) is 16.6 Å². The van der Waals surface area contributed by atoms with Crippen LogP contribution >= 0.6 is 23.2 Å². The predicted octanol–water partition coefficient (Wildman–Crippen LogP) is 2.98. The minimum atomic E-state index is 0.598. The molecule has 1 aromatic heterocycles. The van der Waals surface area contributed by atoms with Crippen LogP contribution in [0.2, 0.25) is 10.0 Å². The number of nitrogens with one attached hydrogen (secondary N) is 1. The van der Waals surface area contributed by atoms with Crippen molar-refractivity contribution in [3.05, 3.63) is 52.5 Å². The molecule has 0 amide bonds. The summed E-state index contributed by atoms with van der Waals surface area (Å²) in [5.41, 5.74) is 1.02. The van der Waals surface area contributed by atoms with Gasteiger partial charge in [-0.2, -0.15) is 0 Å². The van der Waals surface area contributed by atoms with Gasteiger partial charge in [-0.25, -0.2) is 4.98 Å². The standard InChI is InChI=1S/C12H13Cl2N3/c13-11-3-1-2-10(12(11)14)8-15-4-6-17-7-5-16-9-17/h1-3,5,7,9,15H,4,6,8H2. The Balaban J connectivity index is 1.80. The van der Waals surface area contributed by atoms with Crippen LogP contribution in [0.1, 0.15) is 5.56 Å². The van der Waals surface area contributed by atoms with E-state index < -0.39 is 0 Å². The molecule has 0 saturated carbocycles. The number of aromatic nitrogens is 2. The Kier molecular flexibility index (Phi) is 4.42. The molecular weight excluding hydrogens is 257 g/mol. The largest absolute Gasteiger partial charge is 0.336 e. The first-order valence-electron chi connectivity index (χ1n) is 5.36. The summed E-state index contributed by atoms with van der Waals surface area (Å²) in [6, 6.07) is 5.67. The molecule has 0 unspecified atom stereocenters. The number of hydrogen-bond donors (Lipinski definition) is 1. The number of nitrogens with zero attached hydrogens (tertiary/aromatic N) is 2. The average molecular weight is 270 g/mol. The zero-order chi connectivity index (χ0) is 12.1. The molecule has 2 aromatic rings. The van der Waals surface area contributed by atoms with E-state index in [4.69, 9.17) is 23.2 Å². The van der Waals surface area contributed by atoms with Gasteiger partial charge in [-0.1, -0.05) is 35.3 Å². The Hall–Kier alpha value is -1.03. The molecule has 0 atom stereocenters. The zero-order valence-electron chi connectivity index (χ0n) is 9.24. The van der Waals surface area contributed by atoms with Crippen LogP contribution in [0, 0.1) is 0 Å². The topological polar surface area (TPSA) is 29.9 Å². The van der Waals surface area contributed by atoms with Crippen molar-refractivity contribution in [2.45, 2.75) is 13.1 Å². The molecule has 0 aliphatic rings. The Labute approximate surface area is 110 Å². The second kappa shape index (κ2) is 6.05. The fraction of sp³-hybridized carbons (Fsp3) is 0.250. The van der Waals surface area contributed by atoms with Crippen molar-refractivity contribution >= 4 is 23.2 Å². The van der Waals surface area contributed by atoms with Gasteiger partial charge in [0.25, 0.3) is 0 Å². The number of hydrogen-bond acceptors (Lipinski definition) is 2. The molecule has 2 rings (SSSR count). The van der Waals surface area contributed by atoms with Gasteiger partial charge in [0.1, 0.15) is 0 Å². The van der Waals surface area contributed by atoms with Gasteiger partial charge in [0.2, 0.25) is 0 Å². The Bertz CT molecular complexity index is 469. The van der Waals surface area contributed by atoms with Gasteiger partial charge in [-0.05, 0) is 11.6 Å². The molecule has 1 aromatic carbocycles. The summed E-state index contributed by atoms with van der Waals surface area (Å²) in [5.74, 6) is 0. The first kappa shape index (κ1) is 12.4. The molecule has 0 radical (unpaired) electrons. The first-order chi connectivity index (χ1) is 8.27. The second-order valence-electron chi connectivity index (χ2n) is 3.69. The number of rotatable bonds is 5. The minimum absolute atomic E-state index is 0.598. The van der Waals surface area contributed by atoms with E-state index in [2.05, 4.69) is 10.3 Å². The van der Waals surface area contributed by atoms with Crippen LogP contribution < -0.4 is 5.32 Å². The molecule has 0 bridgehead atoms. The highest BCUT2D eigenvalue weighted by atomic mass is 35.5. The molecule has 0 aliphatic carbocycles. The van der Waals surface area contributed by atoms with Gasteiger partial charge in [0.15, 0.2) is 0 Å². The fourth-order valence-electron chi connectivity index (χ4n) is 1.54. The fourth-order valence-corrected chi connectivity index (χ4v) is 1.92. The summed E-state index contributed by atoms with van der Waals surface area (Å²) < 4.78 is 2.02. The molecule has 90 valence electrons. The van der Waals surface area contributed by atoms with Gasteiger partial charge < -0.3 is 9.88 Å². The van der Waals surface area contributed by atoms with E-state index in [1.807, 2.05) is 22.9 Å². The SMILES string of the molecule is Clc1cccc(CNCCn2ccnc2)c1Cl. The molecule has 0 saturated heterocycles. The second-order valence-corrected chi connectivity index (χ2v) is 4.48. The van der Waals surface area contributed by atoms with Crippen LogP contribution in [0.5, 0.6) is 0 Å². The lowest BCUT2D eigenvalue weighted by molar-refractivity contribution is 0.597. The van der Waals surface area contributed by atoms with Crippen molar-refractivity contribution < 1.29 is 0 Å². The first-order valence-corrected chi connectivity index (χ1v) is 6.12. The van der Waals surface area contributed by atoms with Crippen LogP contribution in [0.4, 0.5) is 0 Å². The van der Waals surface area contributed by atoms with Crippen molar-refractivity contribution in [3.63, 3.8) is 0 Å². The third kappa shape index (κ3) is 3.46. The molecule has 0 fully saturated rings. The quantitative estimate of drug-likeness (QED) is 0.846. The smallest absolute Gasteiger partial charge is 0.0946 e. The monoisotopic (exact) mass is 269 g/mol. The van der Waals surface area contributed by atoms with Crippen molar-refractivity contribution in [2.75, 3.05) is 6.54 Å². The summed E-state index contributed by atoms with van der Waals surface area (Å²) in [6.45, 7) is 2.46. The maximum atomic E-state index is 6.08. The number of halogens is 2. The molecular formula is C12H13Cl2N3. The van der Waals surface area contributed by atoms with Gasteiger partial charge in [0.05, 0.1) is 16.4 Å².